The summed E-state index contributed by atoms with van der Waals surface area (Å²) < 4.78 is 15.1. The molecular weight excluding hydrogens is 404 g/mol. The van der Waals surface area contributed by atoms with E-state index in [9.17, 15) is 14.4 Å². The van der Waals surface area contributed by atoms with Crippen molar-refractivity contribution in [2.75, 3.05) is 66.0 Å². The summed E-state index contributed by atoms with van der Waals surface area (Å²) in [5.41, 5.74) is -0.859. The van der Waals surface area contributed by atoms with Gasteiger partial charge >= 0.3 is 18.2 Å². The van der Waals surface area contributed by atoms with Crippen molar-refractivity contribution < 1.29 is 28.6 Å². The van der Waals surface area contributed by atoms with Crippen molar-refractivity contribution in [3.63, 3.8) is 0 Å². The normalized spacial score (nSPS) is 17.9. The van der Waals surface area contributed by atoms with Gasteiger partial charge in [0.2, 0.25) is 0 Å². The Balaban J connectivity index is 0.000000327. The Labute approximate surface area is 186 Å². The van der Waals surface area contributed by atoms with E-state index in [-0.39, 0.29) is 30.3 Å². The topological polar surface area (TPSA) is 101 Å². The van der Waals surface area contributed by atoms with Crippen molar-refractivity contribution in [2.45, 2.75) is 52.7 Å². The SMILES string of the molecule is CC(C)(C)OC(=O)N1CCNCC1.COC(=O)CN1CCN(C(=O)OC(C)(C)C)CC1. The molecule has 1 N–H and O–H groups in total. The smallest absolute Gasteiger partial charge is 0.410 e. The fourth-order valence-electron chi connectivity index (χ4n) is 2.84. The first-order chi connectivity index (χ1) is 14.3. The van der Waals surface area contributed by atoms with Crippen LogP contribution in [0, 0.1) is 0 Å². The molecule has 10 nitrogen and oxygen atoms in total. The zero-order chi connectivity index (χ0) is 23.7. The van der Waals surface area contributed by atoms with Crippen LogP contribution >= 0.6 is 0 Å². The Morgan fingerprint density at radius 1 is 0.742 bits per heavy atom. The first-order valence-corrected chi connectivity index (χ1v) is 10.8. The van der Waals surface area contributed by atoms with Crippen molar-refractivity contribution in [3.8, 4) is 0 Å². The number of hydrogen-bond acceptors (Lipinski definition) is 8. The number of nitrogens with zero attached hydrogens (tertiary/aromatic N) is 3. The van der Waals surface area contributed by atoms with Gasteiger partial charge in [0.15, 0.2) is 0 Å². The molecule has 0 aliphatic carbocycles. The maximum Gasteiger partial charge on any atom is 0.410 e. The summed E-state index contributed by atoms with van der Waals surface area (Å²) in [5.74, 6) is -0.249. The average Bonchev–Trinajstić information content (AvgIpc) is 2.67. The number of rotatable bonds is 2. The van der Waals surface area contributed by atoms with Crippen LogP contribution in [-0.2, 0) is 19.0 Å². The highest BCUT2D eigenvalue weighted by Crippen LogP contribution is 2.12. The van der Waals surface area contributed by atoms with Crippen LogP contribution in [0.25, 0.3) is 0 Å². The first-order valence-electron chi connectivity index (χ1n) is 10.8. The van der Waals surface area contributed by atoms with Crippen molar-refractivity contribution in [2.24, 2.45) is 0 Å². The molecule has 0 saturated carbocycles. The zero-order valence-electron chi connectivity index (χ0n) is 20.2. The third kappa shape index (κ3) is 11.8. The van der Waals surface area contributed by atoms with Gasteiger partial charge in [0.25, 0.3) is 0 Å². The molecule has 180 valence electrons. The molecule has 0 spiro atoms. The van der Waals surface area contributed by atoms with Crippen molar-refractivity contribution >= 4 is 18.2 Å². The van der Waals surface area contributed by atoms with Crippen LogP contribution in [0.15, 0.2) is 0 Å². The standard InChI is InChI=1S/C12H22N2O4.C9H18N2O2/c1-12(2,3)18-11(16)14-7-5-13(6-8-14)9-10(15)17-4;1-9(2,3)13-8(12)11-6-4-10-5-7-11/h5-9H2,1-4H3;10H,4-7H2,1-3H3. The molecule has 2 rings (SSSR count). The van der Waals surface area contributed by atoms with E-state index in [2.05, 4.69) is 10.1 Å². The van der Waals surface area contributed by atoms with E-state index in [1.807, 2.05) is 46.4 Å². The van der Waals surface area contributed by atoms with E-state index in [1.165, 1.54) is 7.11 Å². The molecule has 2 amide bonds. The van der Waals surface area contributed by atoms with Gasteiger partial charge in [-0.25, -0.2) is 9.59 Å². The second kappa shape index (κ2) is 12.1. The largest absolute Gasteiger partial charge is 0.468 e. The fourth-order valence-corrected chi connectivity index (χ4v) is 2.84. The molecule has 0 radical (unpaired) electrons. The van der Waals surface area contributed by atoms with E-state index in [1.54, 1.807) is 9.80 Å². The van der Waals surface area contributed by atoms with Crippen LogP contribution < -0.4 is 5.32 Å². The number of esters is 1. The maximum absolute atomic E-state index is 11.8. The lowest BCUT2D eigenvalue weighted by Gasteiger charge is -2.34. The number of nitrogens with one attached hydrogen (secondary N) is 1. The van der Waals surface area contributed by atoms with Gasteiger partial charge in [-0.2, -0.15) is 0 Å². The molecule has 31 heavy (non-hydrogen) atoms. The Morgan fingerprint density at radius 3 is 1.55 bits per heavy atom. The predicted molar refractivity (Wildman–Crippen MR) is 117 cm³/mol. The van der Waals surface area contributed by atoms with Crippen LogP contribution in [0.3, 0.4) is 0 Å². The van der Waals surface area contributed by atoms with Crippen LogP contribution in [-0.4, -0.2) is 110 Å². The van der Waals surface area contributed by atoms with Gasteiger partial charge in [0, 0.05) is 52.4 Å². The summed E-state index contributed by atoms with van der Waals surface area (Å²) >= 11 is 0. The monoisotopic (exact) mass is 444 g/mol. The van der Waals surface area contributed by atoms with Crippen molar-refractivity contribution in [3.05, 3.63) is 0 Å². The van der Waals surface area contributed by atoms with E-state index in [4.69, 9.17) is 9.47 Å². The second-order valence-corrected chi connectivity index (χ2v) is 9.54. The molecule has 0 aromatic carbocycles. The molecule has 2 aliphatic heterocycles. The molecule has 2 fully saturated rings. The highest BCUT2D eigenvalue weighted by molar-refractivity contribution is 5.71. The molecule has 2 saturated heterocycles. The number of piperazine rings is 2. The fraction of sp³-hybridized carbons (Fsp3) is 0.857. The maximum atomic E-state index is 11.8. The van der Waals surface area contributed by atoms with Crippen LogP contribution in [0.2, 0.25) is 0 Å². The molecule has 10 heteroatoms. The van der Waals surface area contributed by atoms with E-state index < -0.39 is 5.60 Å². The van der Waals surface area contributed by atoms with E-state index in [0.29, 0.717) is 26.2 Å². The van der Waals surface area contributed by atoms with Gasteiger partial charge in [-0.15, -0.1) is 0 Å². The molecule has 0 aromatic heterocycles. The van der Waals surface area contributed by atoms with Crippen LogP contribution in [0.4, 0.5) is 9.59 Å². The summed E-state index contributed by atoms with van der Waals surface area (Å²) in [7, 11) is 1.37. The summed E-state index contributed by atoms with van der Waals surface area (Å²) in [4.78, 5) is 39.8. The third-order valence-electron chi connectivity index (χ3n) is 4.37. The Hall–Kier alpha value is -2.07. The van der Waals surface area contributed by atoms with E-state index in [0.717, 1.165) is 26.2 Å². The summed E-state index contributed by atoms with van der Waals surface area (Å²) in [6.07, 6.45) is -0.491. The minimum atomic E-state index is -0.472. The number of carbonyl (C=O) groups is 3. The highest BCUT2D eigenvalue weighted by Gasteiger charge is 2.26. The van der Waals surface area contributed by atoms with Gasteiger partial charge in [0.1, 0.15) is 11.2 Å². The van der Waals surface area contributed by atoms with Crippen LogP contribution in [0.1, 0.15) is 41.5 Å². The van der Waals surface area contributed by atoms with Crippen molar-refractivity contribution in [1.29, 1.82) is 0 Å². The lowest BCUT2D eigenvalue weighted by molar-refractivity contribution is -0.142. The quantitative estimate of drug-likeness (QED) is 0.506. The molecule has 2 heterocycles. The molecule has 0 bridgehead atoms. The predicted octanol–water partition coefficient (Wildman–Crippen LogP) is 1.54. The van der Waals surface area contributed by atoms with Gasteiger partial charge in [-0.1, -0.05) is 0 Å². The van der Waals surface area contributed by atoms with Gasteiger partial charge in [0.05, 0.1) is 13.7 Å². The third-order valence-corrected chi connectivity index (χ3v) is 4.37. The number of amides is 2. The first kappa shape index (κ1) is 27.0. The van der Waals surface area contributed by atoms with E-state index >= 15 is 0 Å². The molecule has 0 atom stereocenters. The Bertz CT molecular complexity index is 586. The highest BCUT2D eigenvalue weighted by atomic mass is 16.6. The van der Waals surface area contributed by atoms with Gasteiger partial charge in [-0.05, 0) is 41.5 Å². The summed E-state index contributed by atoms with van der Waals surface area (Å²) in [6.45, 7) is 17.1. The molecule has 0 aromatic rings. The zero-order valence-corrected chi connectivity index (χ0v) is 20.2. The van der Waals surface area contributed by atoms with Crippen molar-refractivity contribution in [1.82, 2.24) is 20.0 Å². The Morgan fingerprint density at radius 2 is 1.16 bits per heavy atom. The minimum absolute atomic E-state index is 0.200. The number of methoxy groups -OCH3 is 1. The van der Waals surface area contributed by atoms with Gasteiger partial charge < -0.3 is 29.3 Å². The number of hydrogen-bond donors (Lipinski definition) is 1. The molecule has 2 aliphatic rings. The summed E-state index contributed by atoms with van der Waals surface area (Å²) in [6, 6.07) is 0. The summed E-state index contributed by atoms with van der Waals surface area (Å²) in [5, 5.41) is 3.18. The average molecular weight is 445 g/mol. The van der Waals surface area contributed by atoms with Gasteiger partial charge in [-0.3, -0.25) is 9.69 Å². The molecule has 0 unspecified atom stereocenters. The number of carbonyl (C=O) groups excluding carboxylic acids is 3. The minimum Gasteiger partial charge on any atom is -0.468 e. The second-order valence-electron chi connectivity index (χ2n) is 9.54. The van der Waals surface area contributed by atoms with Crippen LogP contribution in [0.5, 0.6) is 0 Å². The number of ether oxygens (including phenoxy) is 3. The lowest BCUT2D eigenvalue weighted by atomic mass is 10.2. The lowest BCUT2D eigenvalue weighted by Crippen LogP contribution is -2.51. The Kier molecular flexibility index (Phi) is 10.5. The molecular formula is C21H40N4O6.